The van der Waals surface area contributed by atoms with Crippen molar-refractivity contribution in [1.29, 1.82) is 0 Å². The van der Waals surface area contributed by atoms with Crippen LogP contribution in [0.5, 0.6) is 0 Å². The van der Waals surface area contributed by atoms with Crippen molar-refractivity contribution in [2.24, 2.45) is 16.8 Å². The van der Waals surface area contributed by atoms with Gasteiger partial charge in [-0.3, -0.25) is 14.6 Å². The van der Waals surface area contributed by atoms with Crippen molar-refractivity contribution >= 4 is 5.96 Å². The second-order valence-corrected chi connectivity index (χ2v) is 7.39. The van der Waals surface area contributed by atoms with Crippen LogP contribution in [-0.2, 0) is 11.3 Å². The Bertz CT molecular complexity index is 510. The van der Waals surface area contributed by atoms with Gasteiger partial charge in [0.1, 0.15) is 0 Å². The molecule has 0 aliphatic carbocycles. The van der Waals surface area contributed by atoms with Gasteiger partial charge in [-0.1, -0.05) is 20.8 Å². The van der Waals surface area contributed by atoms with E-state index in [2.05, 4.69) is 48.3 Å². The molecule has 148 valence electrons. The summed E-state index contributed by atoms with van der Waals surface area (Å²) >= 11 is 0. The maximum Gasteiger partial charge on any atom is 0.191 e. The number of nitrogens with one attached hydrogen (secondary N) is 2. The SMILES string of the molecule is CCNC(=NCC(C)Cn1cccn1)NCC(C(C)C)N1CCOCC1. The van der Waals surface area contributed by atoms with E-state index in [4.69, 9.17) is 9.73 Å². The van der Waals surface area contributed by atoms with E-state index in [-0.39, 0.29) is 0 Å². The van der Waals surface area contributed by atoms with E-state index < -0.39 is 0 Å². The molecule has 0 spiro atoms. The van der Waals surface area contributed by atoms with E-state index in [1.165, 1.54) is 0 Å². The molecule has 1 aliphatic rings. The van der Waals surface area contributed by atoms with Gasteiger partial charge in [0.25, 0.3) is 0 Å². The minimum Gasteiger partial charge on any atom is -0.379 e. The number of aliphatic imine (C=N–C) groups is 1. The molecule has 0 bridgehead atoms. The molecule has 0 amide bonds. The molecule has 7 heteroatoms. The highest BCUT2D eigenvalue weighted by Gasteiger charge is 2.23. The lowest BCUT2D eigenvalue weighted by Gasteiger charge is -2.37. The Hall–Kier alpha value is -1.60. The van der Waals surface area contributed by atoms with E-state index >= 15 is 0 Å². The van der Waals surface area contributed by atoms with Crippen LogP contribution in [0.3, 0.4) is 0 Å². The summed E-state index contributed by atoms with van der Waals surface area (Å²) in [6, 6.07) is 2.45. The summed E-state index contributed by atoms with van der Waals surface area (Å²) in [6.45, 7) is 16.0. The molecule has 2 atom stereocenters. The maximum absolute atomic E-state index is 5.50. The predicted octanol–water partition coefficient (Wildman–Crippen LogP) is 1.43. The summed E-state index contributed by atoms with van der Waals surface area (Å²) in [5.41, 5.74) is 0. The van der Waals surface area contributed by atoms with Crippen LogP contribution in [0.1, 0.15) is 27.7 Å². The number of aromatic nitrogens is 2. The molecule has 2 heterocycles. The fraction of sp³-hybridized carbons (Fsp3) is 0.789. The first-order valence-corrected chi connectivity index (χ1v) is 9.91. The van der Waals surface area contributed by atoms with Gasteiger partial charge in [-0.25, -0.2) is 0 Å². The Kier molecular flexibility index (Phi) is 8.91. The first-order chi connectivity index (χ1) is 12.6. The van der Waals surface area contributed by atoms with Crippen molar-refractivity contribution in [3.05, 3.63) is 18.5 Å². The number of ether oxygens (including phenoxy) is 1. The van der Waals surface area contributed by atoms with E-state index in [0.29, 0.717) is 17.9 Å². The van der Waals surface area contributed by atoms with Crippen molar-refractivity contribution in [1.82, 2.24) is 25.3 Å². The quantitative estimate of drug-likeness (QED) is 0.513. The molecule has 26 heavy (non-hydrogen) atoms. The van der Waals surface area contributed by atoms with Gasteiger partial charge < -0.3 is 15.4 Å². The second kappa shape index (κ2) is 11.2. The van der Waals surface area contributed by atoms with Gasteiger partial charge >= 0.3 is 0 Å². The summed E-state index contributed by atoms with van der Waals surface area (Å²) in [5, 5.41) is 11.2. The Morgan fingerprint density at radius 1 is 1.23 bits per heavy atom. The normalized spacial score (nSPS) is 18.7. The molecule has 7 nitrogen and oxygen atoms in total. The summed E-state index contributed by atoms with van der Waals surface area (Å²) in [5.74, 6) is 1.92. The molecule has 0 saturated carbocycles. The summed E-state index contributed by atoms with van der Waals surface area (Å²) in [4.78, 5) is 7.31. The lowest BCUT2D eigenvalue weighted by Crippen LogP contribution is -2.52. The lowest BCUT2D eigenvalue weighted by atomic mass is 10.0. The molecule has 1 fully saturated rings. The zero-order valence-electron chi connectivity index (χ0n) is 16.8. The molecule has 1 aliphatic heterocycles. The Balaban J connectivity index is 1.86. The van der Waals surface area contributed by atoms with Crippen molar-refractivity contribution in [2.75, 3.05) is 45.9 Å². The van der Waals surface area contributed by atoms with Gasteiger partial charge in [-0.15, -0.1) is 0 Å². The highest BCUT2D eigenvalue weighted by Crippen LogP contribution is 2.12. The van der Waals surface area contributed by atoms with Crippen LogP contribution in [-0.4, -0.2) is 72.6 Å². The van der Waals surface area contributed by atoms with Gasteiger partial charge in [-0.2, -0.15) is 5.10 Å². The van der Waals surface area contributed by atoms with Crippen LogP contribution >= 0.6 is 0 Å². The van der Waals surface area contributed by atoms with Gasteiger partial charge in [0.05, 0.1) is 13.2 Å². The highest BCUT2D eigenvalue weighted by molar-refractivity contribution is 5.79. The van der Waals surface area contributed by atoms with Crippen LogP contribution < -0.4 is 10.6 Å². The standard InChI is InChI=1S/C19H36N6O/c1-5-20-19(21-13-17(4)15-25-8-6-7-23-25)22-14-18(16(2)3)24-9-11-26-12-10-24/h6-8,16-18H,5,9-15H2,1-4H3,(H2,20,21,22). The van der Waals surface area contributed by atoms with Gasteiger partial charge in [0.2, 0.25) is 0 Å². The molecule has 2 unspecified atom stereocenters. The topological polar surface area (TPSA) is 66.7 Å². The molecule has 0 radical (unpaired) electrons. The smallest absolute Gasteiger partial charge is 0.191 e. The minimum absolute atomic E-state index is 0.436. The Labute approximate surface area is 158 Å². The number of rotatable bonds is 9. The molecular weight excluding hydrogens is 328 g/mol. The average molecular weight is 365 g/mol. The number of morpholine rings is 1. The van der Waals surface area contributed by atoms with Crippen LogP contribution in [0.4, 0.5) is 0 Å². The van der Waals surface area contributed by atoms with E-state index in [1.54, 1.807) is 0 Å². The van der Waals surface area contributed by atoms with Crippen LogP contribution in [0.25, 0.3) is 0 Å². The zero-order chi connectivity index (χ0) is 18.8. The lowest BCUT2D eigenvalue weighted by molar-refractivity contribution is 0.00752. The molecule has 2 N–H and O–H groups in total. The third kappa shape index (κ3) is 6.96. The van der Waals surface area contributed by atoms with Crippen LogP contribution in [0.15, 0.2) is 23.5 Å². The molecular formula is C19H36N6O. The third-order valence-corrected chi connectivity index (χ3v) is 4.73. The molecule has 1 aromatic rings. The van der Waals surface area contributed by atoms with E-state index in [0.717, 1.165) is 58.4 Å². The Morgan fingerprint density at radius 2 is 2.00 bits per heavy atom. The maximum atomic E-state index is 5.50. The Morgan fingerprint density at radius 3 is 2.62 bits per heavy atom. The monoisotopic (exact) mass is 364 g/mol. The molecule has 1 aromatic heterocycles. The zero-order valence-corrected chi connectivity index (χ0v) is 16.8. The largest absolute Gasteiger partial charge is 0.379 e. The second-order valence-electron chi connectivity index (χ2n) is 7.39. The summed E-state index contributed by atoms with van der Waals surface area (Å²) in [7, 11) is 0. The van der Waals surface area contributed by atoms with Crippen LogP contribution in [0, 0.1) is 11.8 Å². The minimum atomic E-state index is 0.436. The number of guanidine groups is 1. The molecule has 2 rings (SSSR count). The van der Waals surface area contributed by atoms with Gasteiger partial charge in [0, 0.05) is 57.7 Å². The predicted molar refractivity (Wildman–Crippen MR) is 106 cm³/mol. The number of hydrogen-bond donors (Lipinski definition) is 2. The van der Waals surface area contributed by atoms with Crippen molar-refractivity contribution in [2.45, 2.75) is 40.3 Å². The van der Waals surface area contributed by atoms with Gasteiger partial charge in [0.15, 0.2) is 5.96 Å². The first-order valence-electron chi connectivity index (χ1n) is 9.91. The van der Waals surface area contributed by atoms with Crippen molar-refractivity contribution in [3.8, 4) is 0 Å². The fourth-order valence-corrected chi connectivity index (χ4v) is 3.27. The third-order valence-electron chi connectivity index (χ3n) is 4.73. The van der Waals surface area contributed by atoms with Crippen molar-refractivity contribution < 1.29 is 4.74 Å². The number of nitrogens with zero attached hydrogens (tertiary/aromatic N) is 4. The highest BCUT2D eigenvalue weighted by atomic mass is 16.5. The van der Waals surface area contributed by atoms with Crippen LogP contribution in [0.2, 0.25) is 0 Å². The van der Waals surface area contributed by atoms with Gasteiger partial charge in [-0.05, 0) is 24.8 Å². The molecule has 1 saturated heterocycles. The van der Waals surface area contributed by atoms with E-state index in [9.17, 15) is 0 Å². The summed E-state index contributed by atoms with van der Waals surface area (Å²) in [6.07, 6.45) is 3.82. The van der Waals surface area contributed by atoms with Crippen molar-refractivity contribution in [3.63, 3.8) is 0 Å². The summed E-state index contributed by atoms with van der Waals surface area (Å²) < 4.78 is 7.46. The molecule has 0 aromatic carbocycles. The average Bonchev–Trinajstić information content (AvgIpc) is 3.13. The fourth-order valence-electron chi connectivity index (χ4n) is 3.27. The van der Waals surface area contributed by atoms with E-state index in [1.807, 2.05) is 23.1 Å². The first kappa shape index (κ1) is 20.7. The number of hydrogen-bond acceptors (Lipinski definition) is 4.